The number of aromatic nitrogens is 2. The molecule has 3 aromatic rings. The topological polar surface area (TPSA) is 68.0 Å². The molecule has 1 N–H and O–H groups in total. The molecule has 7 heteroatoms. The number of rotatable bonds is 4. The first kappa shape index (κ1) is 16.9. The quantitative estimate of drug-likeness (QED) is 0.643. The number of benzene rings is 1. The van der Waals surface area contributed by atoms with Crippen molar-refractivity contribution < 1.29 is 9.32 Å². The zero-order chi connectivity index (χ0) is 17.3. The molecule has 124 valence electrons. The van der Waals surface area contributed by atoms with Gasteiger partial charge < -0.3 is 9.84 Å². The number of anilines is 1. The molecule has 0 fully saturated rings. The van der Waals surface area contributed by atoms with Crippen LogP contribution in [0.2, 0.25) is 0 Å². The Morgan fingerprint density at radius 2 is 2.08 bits per heavy atom. The van der Waals surface area contributed by atoms with Crippen LogP contribution in [0.1, 0.15) is 40.8 Å². The number of nitrogens with zero attached hydrogens (tertiary/aromatic N) is 2. The molecule has 5 nitrogen and oxygen atoms in total. The Bertz CT molecular complexity index is 886. The Morgan fingerprint density at radius 3 is 2.71 bits per heavy atom. The second-order valence-corrected chi connectivity index (χ2v) is 8.13. The summed E-state index contributed by atoms with van der Waals surface area (Å²) in [5, 5.41) is 6.97. The van der Waals surface area contributed by atoms with Crippen molar-refractivity contribution in [3.05, 3.63) is 50.4 Å². The van der Waals surface area contributed by atoms with Crippen molar-refractivity contribution in [1.82, 2.24) is 10.1 Å². The van der Waals surface area contributed by atoms with Gasteiger partial charge in [-0.15, -0.1) is 11.3 Å². The predicted molar refractivity (Wildman–Crippen MR) is 98.5 cm³/mol. The first-order valence-corrected chi connectivity index (χ1v) is 9.07. The molecule has 0 bridgehead atoms. The maximum absolute atomic E-state index is 12.5. The number of thiophene rings is 1. The van der Waals surface area contributed by atoms with Crippen molar-refractivity contribution in [3.8, 4) is 11.5 Å². The second kappa shape index (κ2) is 6.86. The van der Waals surface area contributed by atoms with Gasteiger partial charge in [-0.2, -0.15) is 4.98 Å². The zero-order valence-electron chi connectivity index (χ0n) is 13.5. The van der Waals surface area contributed by atoms with E-state index >= 15 is 0 Å². The maximum Gasteiger partial charge on any atom is 0.265 e. The second-order valence-electron chi connectivity index (χ2n) is 5.67. The number of carbonyl (C=O) groups excluding carboxylic acids is 1. The molecule has 0 spiro atoms. The molecule has 0 aliphatic rings. The molecule has 0 saturated heterocycles. The van der Waals surface area contributed by atoms with E-state index in [0.717, 1.165) is 14.9 Å². The maximum atomic E-state index is 12.5. The summed E-state index contributed by atoms with van der Waals surface area (Å²) in [4.78, 5) is 17.5. The summed E-state index contributed by atoms with van der Waals surface area (Å²) in [6, 6.07) is 9.34. The Kier molecular flexibility index (Phi) is 4.82. The van der Waals surface area contributed by atoms with Crippen LogP contribution in [0, 0.1) is 6.92 Å². The Balaban J connectivity index is 1.96. The van der Waals surface area contributed by atoms with Gasteiger partial charge in [0.1, 0.15) is 0 Å². The lowest BCUT2D eigenvalue weighted by atomic mass is 10.1. The third-order valence-electron chi connectivity index (χ3n) is 3.50. The fraction of sp³-hybridized carbons (Fsp3) is 0.235. The number of halogens is 1. The summed E-state index contributed by atoms with van der Waals surface area (Å²) in [6.07, 6.45) is 0. The molecule has 0 saturated carbocycles. The molecule has 1 aromatic carbocycles. The minimum absolute atomic E-state index is 0.162. The van der Waals surface area contributed by atoms with Gasteiger partial charge in [-0.1, -0.05) is 31.1 Å². The number of nitrogens with one attached hydrogen (secondary N) is 1. The van der Waals surface area contributed by atoms with E-state index < -0.39 is 0 Å². The molecule has 0 unspecified atom stereocenters. The van der Waals surface area contributed by atoms with Crippen LogP contribution < -0.4 is 5.32 Å². The molecular formula is C17H16BrN3O2S. The largest absolute Gasteiger partial charge is 0.334 e. The van der Waals surface area contributed by atoms with Gasteiger partial charge in [0.15, 0.2) is 5.82 Å². The molecule has 3 rings (SSSR count). The molecule has 0 aliphatic heterocycles. The summed E-state index contributed by atoms with van der Waals surface area (Å²) in [6.45, 7) is 5.94. The van der Waals surface area contributed by atoms with Crippen LogP contribution in [0.5, 0.6) is 0 Å². The van der Waals surface area contributed by atoms with Crippen LogP contribution >= 0.6 is 27.3 Å². The fourth-order valence-electron chi connectivity index (χ4n) is 2.20. The highest BCUT2D eigenvalue weighted by atomic mass is 79.9. The number of para-hydroxylation sites is 1. The van der Waals surface area contributed by atoms with E-state index in [2.05, 4.69) is 31.4 Å². The predicted octanol–water partition coefficient (Wildman–Crippen LogP) is 5.24. The van der Waals surface area contributed by atoms with E-state index in [1.807, 2.05) is 45.0 Å². The first-order valence-electron chi connectivity index (χ1n) is 7.46. The molecule has 1 amide bonds. The summed E-state index contributed by atoms with van der Waals surface area (Å²) in [7, 11) is 0. The summed E-state index contributed by atoms with van der Waals surface area (Å²) >= 11 is 4.76. The van der Waals surface area contributed by atoms with Crippen molar-refractivity contribution in [3.63, 3.8) is 0 Å². The normalized spacial score (nSPS) is 11.0. The average Bonchev–Trinajstić information content (AvgIpc) is 3.18. The van der Waals surface area contributed by atoms with Crippen molar-refractivity contribution in [2.45, 2.75) is 26.7 Å². The van der Waals surface area contributed by atoms with Crippen LogP contribution in [-0.4, -0.2) is 16.0 Å². The minimum Gasteiger partial charge on any atom is -0.334 e. The molecule has 0 radical (unpaired) electrons. The lowest BCUT2D eigenvalue weighted by molar-refractivity contribution is 0.103. The van der Waals surface area contributed by atoms with Crippen LogP contribution in [0.25, 0.3) is 11.5 Å². The highest BCUT2D eigenvalue weighted by Gasteiger charge is 2.18. The lowest BCUT2D eigenvalue weighted by Crippen LogP contribution is -2.12. The van der Waals surface area contributed by atoms with E-state index in [0.29, 0.717) is 22.3 Å². The highest BCUT2D eigenvalue weighted by Crippen LogP contribution is 2.31. The number of hydrogen-bond donors (Lipinski definition) is 1. The molecule has 0 atom stereocenters. The van der Waals surface area contributed by atoms with Crippen LogP contribution in [0.15, 0.2) is 38.6 Å². The third kappa shape index (κ3) is 3.42. The summed E-state index contributed by atoms with van der Waals surface area (Å²) in [5.41, 5.74) is 2.34. The van der Waals surface area contributed by atoms with Gasteiger partial charge in [0.2, 0.25) is 0 Å². The van der Waals surface area contributed by atoms with Gasteiger partial charge in [-0.05, 0) is 46.6 Å². The molecule has 0 aliphatic carbocycles. The van der Waals surface area contributed by atoms with Gasteiger partial charge in [0.25, 0.3) is 11.8 Å². The van der Waals surface area contributed by atoms with E-state index in [1.54, 1.807) is 6.07 Å². The monoisotopic (exact) mass is 405 g/mol. The smallest absolute Gasteiger partial charge is 0.265 e. The van der Waals surface area contributed by atoms with Gasteiger partial charge in [-0.25, -0.2) is 0 Å². The van der Waals surface area contributed by atoms with Gasteiger partial charge in [0.05, 0.1) is 19.9 Å². The van der Waals surface area contributed by atoms with E-state index in [9.17, 15) is 4.79 Å². The van der Waals surface area contributed by atoms with Gasteiger partial charge >= 0.3 is 0 Å². The van der Waals surface area contributed by atoms with Crippen molar-refractivity contribution in [1.29, 1.82) is 0 Å². The Hall–Kier alpha value is -1.99. The third-order valence-corrected chi connectivity index (χ3v) is 5.12. The van der Waals surface area contributed by atoms with Crippen molar-refractivity contribution >= 4 is 38.9 Å². The molecule has 24 heavy (non-hydrogen) atoms. The summed E-state index contributed by atoms with van der Waals surface area (Å²) in [5.74, 6) is 1.06. The number of amides is 1. The van der Waals surface area contributed by atoms with Crippen LogP contribution in [0.4, 0.5) is 5.69 Å². The fourth-order valence-corrected chi connectivity index (χ4v) is 3.48. The number of carbonyl (C=O) groups is 1. The number of aryl methyl sites for hydroxylation is 1. The van der Waals surface area contributed by atoms with Crippen molar-refractivity contribution in [2.75, 3.05) is 5.32 Å². The van der Waals surface area contributed by atoms with Gasteiger partial charge in [0, 0.05) is 5.92 Å². The summed E-state index contributed by atoms with van der Waals surface area (Å²) < 4.78 is 6.29. The number of hydrogen-bond acceptors (Lipinski definition) is 5. The molecular weight excluding hydrogens is 390 g/mol. The van der Waals surface area contributed by atoms with E-state index in [1.165, 1.54) is 11.3 Å². The van der Waals surface area contributed by atoms with Crippen molar-refractivity contribution in [2.24, 2.45) is 0 Å². The average molecular weight is 406 g/mol. The first-order chi connectivity index (χ1) is 11.5. The lowest BCUT2D eigenvalue weighted by Gasteiger charge is -2.11. The minimum atomic E-state index is -0.162. The molecule has 2 heterocycles. The Labute approximate surface area is 152 Å². The Morgan fingerprint density at radius 1 is 1.29 bits per heavy atom. The van der Waals surface area contributed by atoms with E-state index in [-0.39, 0.29) is 11.8 Å². The van der Waals surface area contributed by atoms with Crippen LogP contribution in [-0.2, 0) is 0 Å². The van der Waals surface area contributed by atoms with Gasteiger partial charge in [-0.3, -0.25) is 4.79 Å². The highest BCUT2D eigenvalue weighted by molar-refractivity contribution is 9.11. The van der Waals surface area contributed by atoms with Crippen LogP contribution in [0.3, 0.4) is 0 Å². The van der Waals surface area contributed by atoms with E-state index in [4.69, 9.17) is 4.52 Å². The molecule has 2 aromatic heterocycles. The SMILES string of the molecule is Cc1cccc(-c2nc(C(C)C)no2)c1NC(=O)c1ccc(Br)s1. The zero-order valence-corrected chi connectivity index (χ0v) is 15.9. The standard InChI is InChI=1S/C17H16BrN3O2S/c1-9(2)15-20-17(23-21-15)11-6-4-5-10(3)14(11)19-16(22)12-7-8-13(18)24-12/h4-9H,1-3H3,(H,19,22).